The van der Waals surface area contributed by atoms with Crippen LogP contribution in [0.15, 0.2) is 52.4 Å². The summed E-state index contributed by atoms with van der Waals surface area (Å²) in [7, 11) is 1.61. The van der Waals surface area contributed by atoms with E-state index in [2.05, 4.69) is 16.8 Å². The fourth-order valence-corrected chi connectivity index (χ4v) is 5.04. The van der Waals surface area contributed by atoms with Crippen LogP contribution in [-0.2, 0) is 16.1 Å². The van der Waals surface area contributed by atoms with Gasteiger partial charge in [-0.1, -0.05) is 0 Å². The molecule has 1 aromatic carbocycles. The van der Waals surface area contributed by atoms with Crippen LogP contribution in [0, 0.1) is 11.3 Å². The number of aliphatic imine (C=N–C) groups is 1. The van der Waals surface area contributed by atoms with Gasteiger partial charge in [0.1, 0.15) is 11.6 Å². The molecule has 0 N–H and O–H groups in total. The second-order valence-electron chi connectivity index (χ2n) is 8.59. The van der Waals surface area contributed by atoms with Gasteiger partial charge in [0.15, 0.2) is 10.8 Å². The molecule has 2 aromatic rings. The zero-order valence-electron chi connectivity index (χ0n) is 19.7. The van der Waals surface area contributed by atoms with Crippen molar-refractivity contribution < 1.29 is 22.7 Å². The number of benzene rings is 1. The number of thiocarbonyl (C=S) groups is 1. The summed E-state index contributed by atoms with van der Waals surface area (Å²) in [6, 6.07) is 6.89. The zero-order valence-corrected chi connectivity index (χ0v) is 20.5. The number of amides is 1. The van der Waals surface area contributed by atoms with E-state index < -0.39 is 28.9 Å². The molecule has 1 saturated carbocycles. The van der Waals surface area contributed by atoms with E-state index in [0.717, 1.165) is 28.3 Å². The number of hydrogen-bond acceptors (Lipinski definition) is 6. The van der Waals surface area contributed by atoms with Gasteiger partial charge in [-0.3, -0.25) is 19.4 Å². The van der Waals surface area contributed by atoms with E-state index in [0.29, 0.717) is 31.7 Å². The van der Waals surface area contributed by atoms with Crippen molar-refractivity contribution in [1.82, 2.24) is 14.7 Å². The van der Waals surface area contributed by atoms with Gasteiger partial charge >= 0.3 is 6.18 Å². The minimum atomic E-state index is -4.88. The molecular weight excluding hydrogens is 493 g/mol. The quantitative estimate of drug-likeness (QED) is 0.233. The molecule has 8 nitrogen and oxygen atoms in total. The van der Waals surface area contributed by atoms with Gasteiger partial charge in [0.2, 0.25) is 0 Å². The minimum absolute atomic E-state index is 0.0593. The van der Waals surface area contributed by atoms with Crippen molar-refractivity contribution in [2.75, 3.05) is 18.6 Å². The lowest BCUT2D eigenvalue weighted by Gasteiger charge is -2.43. The van der Waals surface area contributed by atoms with E-state index in [1.165, 1.54) is 13.0 Å². The summed E-state index contributed by atoms with van der Waals surface area (Å²) in [4.78, 5) is 19.6. The van der Waals surface area contributed by atoms with Crippen LogP contribution >= 0.6 is 12.2 Å². The normalized spacial score (nSPS) is 18.5. The highest BCUT2D eigenvalue weighted by Crippen LogP contribution is 2.48. The second-order valence-corrected chi connectivity index (χ2v) is 8.95. The highest BCUT2D eigenvalue weighted by atomic mass is 32.1. The molecule has 2 heterocycles. The maximum absolute atomic E-state index is 13.7. The van der Waals surface area contributed by atoms with Crippen LogP contribution in [0.25, 0.3) is 10.9 Å². The monoisotopic (exact) mass is 516 g/mol. The van der Waals surface area contributed by atoms with E-state index in [-0.39, 0.29) is 10.8 Å². The average molecular weight is 517 g/mol. The first-order chi connectivity index (χ1) is 17.1. The Balaban J connectivity index is 1.76. The number of hydrogen-bond donors (Lipinski definition) is 0. The molecule has 4 rings (SSSR count). The van der Waals surface area contributed by atoms with Gasteiger partial charge < -0.3 is 9.64 Å². The highest BCUT2D eigenvalue weighted by Gasteiger charge is 2.59. The van der Waals surface area contributed by atoms with Gasteiger partial charge in [-0.25, -0.2) is 0 Å². The summed E-state index contributed by atoms with van der Waals surface area (Å²) < 4.78 is 47.9. The molecule has 2 fully saturated rings. The van der Waals surface area contributed by atoms with Crippen LogP contribution < -0.4 is 4.90 Å². The summed E-state index contributed by atoms with van der Waals surface area (Å²) in [5, 5.41) is 14.5. The van der Waals surface area contributed by atoms with Crippen LogP contribution in [-0.4, -0.2) is 57.8 Å². The second kappa shape index (κ2) is 9.48. The van der Waals surface area contributed by atoms with E-state index in [4.69, 9.17) is 22.2 Å². The number of alkyl halides is 3. The first-order valence-electron chi connectivity index (χ1n) is 11.1. The fourth-order valence-electron chi connectivity index (χ4n) is 4.53. The topological polar surface area (TPSA) is 86.8 Å². The molecule has 0 unspecified atom stereocenters. The SMILES string of the molecule is C=N/C(C#N)=C(\C=C(/C)N1C(=O)C2(CCC2)N(c2ccc3nn(CCOC)cc3c2)C1=S)C(F)(F)F. The Labute approximate surface area is 210 Å². The van der Waals surface area contributed by atoms with Crippen molar-refractivity contribution in [1.29, 1.82) is 5.26 Å². The number of fused-ring (bicyclic) bond motifs is 1. The summed E-state index contributed by atoms with van der Waals surface area (Å²) >= 11 is 5.66. The number of allylic oxidation sites excluding steroid dienone is 4. The van der Waals surface area contributed by atoms with E-state index in [1.807, 2.05) is 18.3 Å². The summed E-state index contributed by atoms with van der Waals surface area (Å²) in [6.45, 7) is 5.48. The van der Waals surface area contributed by atoms with Crippen LogP contribution in [0.2, 0.25) is 0 Å². The third kappa shape index (κ3) is 4.18. The maximum Gasteiger partial charge on any atom is 0.419 e. The first-order valence-corrected chi connectivity index (χ1v) is 11.5. The number of nitriles is 1. The van der Waals surface area contributed by atoms with Crippen molar-refractivity contribution in [3.05, 3.63) is 47.4 Å². The molecule has 2 aliphatic rings. The number of ether oxygens (including phenoxy) is 1. The molecule has 1 aromatic heterocycles. The number of aromatic nitrogens is 2. The average Bonchev–Trinajstić information content (AvgIpc) is 3.31. The van der Waals surface area contributed by atoms with Crippen LogP contribution in [0.1, 0.15) is 26.2 Å². The molecule has 0 bridgehead atoms. The smallest absolute Gasteiger partial charge is 0.383 e. The predicted molar refractivity (Wildman–Crippen MR) is 132 cm³/mol. The Morgan fingerprint density at radius 1 is 1.42 bits per heavy atom. The van der Waals surface area contributed by atoms with Crippen LogP contribution in [0.5, 0.6) is 0 Å². The largest absolute Gasteiger partial charge is 0.419 e. The molecule has 0 radical (unpaired) electrons. The number of halogens is 3. The molecule has 0 atom stereocenters. The van der Waals surface area contributed by atoms with E-state index in [9.17, 15) is 18.0 Å². The van der Waals surface area contributed by atoms with Crippen molar-refractivity contribution in [2.24, 2.45) is 4.99 Å². The number of anilines is 1. The Bertz CT molecular complexity index is 1350. The molecule has 1 spiro atoms. The number of carbonyl (C=O) groups excluding carboxylic acids is 1. The number of carbonyl (C=O) groups is 1. The molecule has 36 heavy (non-hydrogen) atoms. The lowest BCUT2D eigenvalue weighted by molar-refractivity contribution is -0.131. The summed E-state index contributed by atoms with van der Waals surface area (Å²) in [5.74, 6) is -0.394. The Hall–Kier alpha value is -3.56. The predicted octanol–water partition coefficient (Wildman–Crippen LogP) is 4.48. The lowest BCUT2D eigenvalue weighted by Crippen LogP contribution is -2.55. The Morgan fingerprint density at radius 3 is 2.69 bits per heavy atom. The van der Waals surface area contributed by atoms with Crippen molar-refractivity contribution >= 4 is 46.5 Å². The minimum Gasteiger partial charge on any atom is -0.383 e. The first kappa shape index (κ1) is 25.5. The molecule has 188 valence electrons. The lowest BCUT2D eigenvalue weighted by atomic mass is 9.75. The highest BCUT2D eigenvalue weighted by molar-refractivity contribution is 7.80. The summed E-state index contributed by atoms with van der Waals surface area (Å²) in [6.07, 6.45) is -0.482. The third-order valence-corrected chi connectivity index (χ3v) is 6.81. The van der Waals surface area contributed by atoms with Gasteiger partial charge in [0.05, 0.1) is 24.2 Å². The molecule has 1 saturated heterocycles. The van der Waals surface area contributed by atoms with Gasteiger partial charge in [0.25, 0.3) is 5.91 Å². The summed E-state index contributed by atoms with van der Waals surface area (Å²) in [5.41, 5.74) is -1.80. The van der Waals surface area contributed by atoms with Crippen LogP contribution in [0.4, 0.5) is 18.9 Å². The number of methoxy groups -OCH3 is 1. The van der Waals surface area contributed by atoms with Crippen molar-refractivity contribution in [3.63, 3.8) is 0 Å². The fraction of sp³-hybridized carbons (Fsp3) is 0.375. The Morgan fingerprint density at radius 2 is 2.14 bits per heavy atom. The molecule has 12 heteroatoms. The van der Waals surface area contributed by atoms with Gasteiger partial charge in [-0.2, -0.15) is 23.5 Å². The maximum atomic E-state index is 13.7. The third-order valence-electron chi connectivity index (χ3n) is 6.44. The van der Waals surface area contributed by atoms with Gasteiger partial charge in [-0.05, 0) is 69.4 Å². The number of nitrogens with zero attached hydrogens (tertiary/aromatic N) is 6. The van der Waals surface area contributed by atoms with Gasteiger partial charge in [-0.15, -0.1) is 0 Å². The van der Waals surface area contributed by atoms with E-state index >= 15 is 0 Å². The zero-order chi connectivity index (χ0) is 26.3. The van der Waals surface area contributed by atoms with Crippen LogP contribution in [0.3, 0.4) is 0 Å². The standard InChI is InChI=1S/C24H23F3N6O2S/c1-15(11-18(24(25,26)27)20(13-28)29-2)32-21(34)23(7-4-8-23)33(22(32)36)17-5-6-19-16(12-17)14-31(30-19)9-10-35-3/h5-6,11-12,14H,2,4,7-10H2,1,3H3/b15-11+,20-18+. The van der Waals surface area contributed by atoms with E-state index in [1.54, 1.807) is 22.8 Å². The molecule has 1 amide bonds. The Kier molecular flexibility index (Phi) is 6.72. The molecular formula is C24H23F3N6O2S. The molecule has 1 aliphatic heterocycles. The van der Waals surface area contributed by atoms with Gasteiger partial charge in [0, 0.05) is 30.1 Å². The van der Waals surface area contributed by atoms with Crippen molar-refractivity contribution in [3.8, 4) is 6.07 Å². The number of rotatable bonds is 7. The molecule has 1 aliphatic carbocycles. The van der Waals surface area contributed by atoms with Crippen molar-refractivity contribution in [2.45, 2.75) is 44.4 Å².